The summed E-state index contributed by atoms with van der Waals surface area (Å²) in [5.74, 6) is 2.80. The number of pyridine rings is 1. The molecule has 1 N–H and O–H groups in total. The summed E-state index contributed by atoms with van der Waals surface area (Å²) in [6.07, 6.45) is 10.4. The lowest BCUT2D eigenvalue weighted by Crippen LogP contribution is -2.47. The van der Waals surface area contributed by atoms with Crippen LogP contribution in [0, 0.1) is 23.2 Å². The number of rotatable bonds is 3. The van der Waals surface area contributed by atoms with E-state index in [4.69, 9.17) is 11.6 Å². The Morgan fingerprint density at radius 3 is 2.43 bits per heavy atom. The number of hydrogen-bond acceptors (Lipinski definition) is 2. The number of nitrogens with zero attached hydrogens (tertiary/aromatic N) is 1. The fraction of sp³-hybridized carbons (Fsp3) is 0.647. The van der Waals surface area contributed by atoms with Crippen LogP contribution in [0.2, 0.25) is 5.15 Å². The topological polar surface area (TPSA) is 42.0 Å². The molecule has 1 heterocycles. The number of anilines is 1. The highest BCUT2D eigenvalue weighted by molar-refractivity contribution is 6.29. The van der Waals surface area contributed by atoms with Crippen molar-refractivity contribution >= 4 is 23.2 Å². The van der Waals surface area contributed by atoms with Crippen LogP contribution in [0.15, 0.2) is 18.3 Å². The number of amides is 1. The molecule has 0 aliphatic heterocycles. The fourth-order valence-corrected chi connectivity index (χ4v) is 5.71. The number of aromatic nitrogens is 1. The van der Waals surface area contributed by atoms with Crippen LogP contribution < -0.4 is 5.32 Å². The quantitative estimate of drug-likeness (QED) is 0.847. The second-order valence-corrected chi connectivity index (χ2v) is 7.90. The van der Waals surface area contributed by atoms with Crippen LogP contribution in [0.3, 0.4) is 0 Å². The van der Waals surface area contributed by atoms with Gasteiger partial charge in [-0.05, 0) is 73.8 Å². The molecule has 1 amide bonds. The first kappa shape index (κ1) is 13.6. The average molecular weight is 305 g/mol. The molecule has 4 aliphatic carbocycles. The van der Waals surface area contributed by atoms with Crippen molar-refractivity contribution in [1.29, 1.82) is 0 Å². The minimum absolute atomic E-state index is 0.138. The van der Waals surface area contributed by atoms with Crippen LogP contribution in [0.25, 0.3) is 0 Å². The fourth-order valence-electron chi connectivity index (χ4n) is 5.53. The van der Waals surface area contributed by atoms with Crippen molar-refractivity contribution in [1.82, 2.24) is 4.98 Å². The Bertz CT molecular complexity index is 536. The standard InChI is InChI=1S/C17H21ClN2O/c18-15-6-14(1-2-19-15)20-16(21)10-17-7-11-3-12(8-17)5-13(4-11)9-17/h1-2,6,11-13H,3-5,7-10H2,(H,19,20,21). The van der Waals surface area contributed by atoms with Crippen LogP contribution >= 0.6 is 11.6 Å². The van der Waals surface area contributed by atoms with E-state index in [1.165, 1.54) is 38.5 Å². The van der Waals surface area contributed by atoms with Gasteiger partial charge in [-0.1, -0.05) is 11.6 Å². The number of hydrogen-bond donors (Lipinski definition) is 1. The third-order valence-electron chi connectivity index (χ3n) is 5.71. The second kappa shape index (κ2) is 4.98. The number of nitrogens with one attached hydrogen (secondary N) is 1. The Morgan fingerprint density at radius 1 is 1.24 bits per heavy atom. The highest BCUT2D eigenvalue weighted by Gasteiger charge is 2.51. The molecule has 1 aromatic heterocycles. The summed E-state index contributed by atoms with van der Waals surface area (Å²) >= 11 is 5.87. The van der Waals surface area contributed by atoms with Gasteiger partial charge in [-0.3, -0.25) is 4.79 Å². The van der Waals surface area contributed by atoms with Gasteiger partial charge in [-0.25, -0.2) is 4.98 Å². The lowest BCUT2D eigenvalue weighted by Gasteiger charge is -2.56. The number of carbonyl (C=O) groups excluding carboxylic acids is 1. The SMILES string of the molecule is O=C(CC12CC3CC(CC(C3)C1)C2)Nc1ccnc(Cl)c1. The lowest BCUT2D eigenvalue weighted by molar-refractivity contribution is -0.124. The van der Waals surface area contributed by atoms with Gasteiger partial charge in [0.15, 0.2) is 0 Å². The normalized spacial score (nSPS) is 36.7. The zero-order valence-corrected chi connectivity index (χ0v) is 12.9. The van der Waals surface area contributed by atoms with Gasteiger partial charge in [0.1, 0.15) is 5.15 Å². The molecule has 0 atom stereocenters. The van der Waals surface area contributed by atoms with Crippen molar-refractivity contribution in [2.75, 3.05) is 5.32 Å². The van der Waals surface area contributed by atoms with Crippen LogP contribution in [-0.4, -0.2) is 10.9 Å². The number of halogens is 1. The van der Waals surface area contributed by atoms with E-state index in [0.717, 1.165) is 23.4 Å². The van der Waals surface area contributed by atoms with E-state index < -0.39 is 0 Å². The van der Waals surface area contributed by atoms with Crippen molar-refractivity contribution in [2.24, 2.45) is 23.2 Å². The van der Waals surface area contributed by atoms with E-state index in [1.807, 2.05) is 0 Å². The van der Waals surface area contributed by atoms with Crippen LogP contribution in [0.4, 0.5) is 5.69 Å². The average Bonchev–Trinajstić information content (AvgIpc) is 2.35. The minimum atomic E-state index is 0.138. The van der Waals surface area contributed by atoms with Crippen molar-refractivity contribution in [3.8, 4) is 0 Å². The Labute approximate surface area is 130 Å². The van der Waals surface area contributed by atoms with Gasteiger partial charge in [0.2, 0.25) is 5.91 Å². The van der Waals surface area contributed by atoms with E-state index >= 15 is 0 Å². The molecule has 0 unspecified atom stereocenters. The third-order valence-corrected chi connectivity index (χ3v) is 5.92. The monoisotopic (exact) mass is 304 g/mol. The maximum absolute atomic E-state index is 12.4. The van der Waals surface area contributed by atoms with Crippen molar-refractivity contribution in [2.45, 2.75) is 44.9 Å². The summed E-state index contributed by atoms with van der Waals surface area (Å²) in [6.45, 7) is 0. The molecular formula is C17H21ClN2O. The highest BCUT2D eigenvalue weighted by atomic mass is 35.5. The molecule has 4 saturated carbocycles. The van der Waals surface area contributed by atoms with Gasteiger partial charge in [0, 0.05) is 18.3 Å². The molecule has 0 aromatic carbocycles. The van der Waals surface area contributed by atoms with Crippen molar-refractivity contribution in [3.63, 3.8) is 0 Å². The molecule has 112 valence electrons. The minimum Gasteiger partial charge on any atom is -0.326 e. The molecule has 5 rings (SSSR count). The third kappa shape index (κ3) is 2.68. The molecule has 4 bridgehead atoms. The molecular weight excluding hydrogens is 284 g/mol. The maximum Gasteiger partial charge on any atom is 0.224 e. The molecule has 0 saturated heterocycles. The predicted molar refractivity (Wildman–Crippen MR) is 83.1 cm³/mol. The predicted octanol–water partition coefficient (Wildman–Crippen LogP) is 4.28. The maximum atomic E-state index is 12.4. The van der Waals surface area contributed by atoms with Crippen molar-refractivity contribution < 1.29 is 4.79 Å². The summed E-state index contributed by atoms with van der Waals surface area (Å²) in [6, 6.07) is 3.50. The Kier molecular flexibility index (Phi) is 3.21. The van der Waals surface area contributed by atoms with E-state index in [-0.39, 0.29) is 11.3 Å². The van der Waals surface area contributed by atoms with Gasteiger partial charge in [-0.2, -0.15) is 0 Å². The summed E-state index contributed by atoms with van der Waals surface area (Å²) in [7, 11) is 0. The summed E-state index contributed by atoms with van der Waals surface area (Å²) < 4.78 is 0. The molecule has 21 heavy (non-hydrogen) atoms. The van der Waals surface area contributed by atoms with Crippen LogP contribution in [0.1, 0.15) is 44.9 Å². The molecule has 0 radical (unpaired) electrons. The van der Waals surface area contributed by atoms with E-state index in [0.29, 0.717) is 11.6 Å². The molecule has 0 spiro atoms. The Hall–Kier alpha value is -1.09. The zero-order valence-electron chi connectivity index (χ0n) is 12.1. The molecule has 4 heteroatoms. The molecule has 3 nitrogen and oxygen atoms in total. The van der Waals surface area contributed by atoms with Gasteiger partial charge >= 0.3 is 0 Å². The first-order valence-corrected chi connectivity index (χ1v) is 8.39. The first-order chi connectivity index (χ1) is 10.1. The largest absolute Gasteiger partial charge is 0.326 e. The van der Waals surface area contributed by atoms with Gasteiger partial charge in [0.25, 0.3) is 0 Å². The zero-order chi connectivity index (χ0) is 14.4. The van der Waals surface area contributed by atoms with Gasteiger partial charge in [0.05, 0.1) is 0 Å². The summed E-state index contributed by atoms with van der Waals surface area (Å²) in [4.78, 5) is 16.4. The first-order valence-electron chi connectivity index (χ1n) is 8.02. The Balaban J connectivity index is 1.45. The smallest absolute Gasteiger partial charge is 0.224 e. The van der Waals surface area contributed by atoms with Crippen LogP contribution in [0.5, 0.6) is 0 Å². The van der Waals surface area contributed by atoms with E-state index in [2.05, 4.69) is 10.3 Å². The van der Waals surface area contributed by atoms with E-state index in [9.17, 15) is 4.79 Å². The second-order valence-electron chi connectivity index (χ2n) is 7.51. The van der Waals surface area contributed by atoms with Crippen molar-refractivity contribution in [3.05, 3.63) is 23.5 Å². The Morgan fingerprint density at radius 2 is 1.86 bits per heavy atom. The molecule has 4 aliphatic rings. The molecule has 4 fully saturated rings. The highest BCUT2D eigenvalue weighted by Crippen LogP contribution is 2.61. The summed E-state index contributed by atoms with van der Waals surface area (Å²) in [5, 5.41) is 3.41. The lowest BCUT2D eigenvalue weighted by atomic mass is 9.49. The van der Waals surface area contributed by atoms with Gasteiger partial charge in [-0.15, -0.1) is 0 Å². The van der Waals surface area contributed by atoms with E-state index in [1.54, 1.807) is 18.3 Å². The van der Waals surface area contributed by atoms with Crippen LogP contribution in [-0.2, 0) is 4.79 Å². The number of carbonyl (C=O) groups is 1. The molecule has 1 aromatic rings. The summed E-state index contributed by atoms with van der Waals surface area (Å²) in [5.41, 5.74) is 1.04. The van der Waals surface area contributed by atoms with Gasteiger partial charge < -0.3 is 5.32 Å².